The zero-order valence-electron chi connectivity index (χ0n) is 19.9. The van der Waals surface area contributed by atoms with Crippen molar-refractivity contribution >= 4 is 5.91 Å². The first-order valence-corrected chi connectivity index (χ1v) is 11.0. The number of rotatable bonds is 8. The highest BCUT2D eigenvalue weighted by molar-refractivity contribution is 5.76. The summed E-state index contributed by atoms with van der Waals surface area (Å²) in [6, 6.07) is 10.3. The third kappa shape index (κ3) is 4.75. The van der Waals surface area contributed by atoms with Gasteiger partial charge in [-0.3, -0.25) is 9.48 Å². The van der Waals surface area contributed by atoms with Gasteiger partial charge in [-0.15, -0.1) is 0 Å². The van der Waals surface area contributed by atoms with E-state index in [9.17, 15) is 4.79 Å². The third-order valence-electron chi connectivity index (χ3n) is 6.16. The van der Waals surface area contributed by atoms with Crippen LogP contribution in [0.1, 0.15) is 52.3 Å². The number of benzene rings is 1. The lowest BCUT2D eigenvalue weighted by molar-refractivity contribution is -0.130. The summed E-state index contributed by atoms with van der Waals surface area (Å²) in [7, 11) is 1.85. The van der Waals surface area contributed by atoms with Gasteiger partial charge in [-0.2, -0.15) is 15.5 Å². The van der Waals surface area contributed by atoms with E-state index in [0.717, 1.165) is 45.2 Å². The van der Waals surface area contributed by atoms with Crippen LogP contribution >= 0.6 is 0 Å². The van der Waals surface area contributed by atoms with Crippen LogP contribution < -0.4 is 0 Å². The molecule has 2 heterocycles. The Morgan fingerprint density at radius 2 is 1.72 bits per heavy atom. The number of carbonyl (C=O) groups excluding carboxylic acids is 1. The Balaban J connectivity index is 1.69. The molecule has 3 aromatic rings. The second-order valence-electron chi connectivity index (χ2n) is 8.38. The lowest BCUT2D eigenvalue weighted by Gasteiger charge is -2.18. The first-order valence-electron chi connectivity index (χ1n) is 11.0. The summed E-state index contributed by atoms with van der Waals surface area (Å²) < 4.78 is 3.84. The van der Waals surface area contributed by atoms with E-state index >= 15 is 0 Å². The number of hydrogen-bond donors (Lipinski definition) is 0. The van der Waals surface area contributed by atoms with Crippen LogP contribution in [0.25, 0.3) is 5.69 Å². The SMILES string of the molecule is Cc1ccccc1-n1nc(C)c(CN(C)C(=O)CCc2c(C)nn(CCC#N)c2C)c1C. The van der Waals surface area contributed by atoms with E-state index in [0.29, 0.717) is 32.4 Å². The Bertz CT molecular complexity index is 1160. The normalized spacial score (nSPS) is 10.9. The largest absolute Gasteiger partial charge is 0.341 e. The van der Waals surface area contributed by atoms with Gasteiger partial charge < -0.3 is 4.90 Å². The van der Waals surface area contributed by atoms with Gasteiger partial charge in [-0.1, -0.05) is 18.2 Å². The summed E-state index contributed by atoms with van der Waals surface area (Å²) in [4.78, 5) is 14.7. The second-order valence-corrected chi connectivity index (χ2v) is 8.38. The molecule has 2 aromatic heterocycles. The molecule has 0 unspecified atom stereocenters. The molecule has 3 rings (SSSR count). The Labute approximate surface area is 190 Å². The Kier molecular flexibility index (Phi) is 7.14. The molecular formula is C25H32N6O. The van der Waals surface area contributed by atoms with Crippen LogP contribution in [0, 0.1) is 45.9 Å². The Morgan fingerprint density at radius 3 is 2.41 bits per heavy atom. The zero-order chi connectivity index (χ0) is 23.4. The molecule has 7 heteroatoms. The molecule has 0 aliphatic heterocycles. The van der Waals surface area contributed by atoms with Gasteiger partial charge in [0.05, 0.1) is 36.1 Å². The van der Waals surface area contributed by atoms with Crippen LogP contribution in [0.4, 0.5) is 0 Å². The molecule has 0 radical (unpaired) electrons. The minimum absolute atomic E-state index is 0.0935. The van der Waals surface area contributed by atoms with E-state index in [4.69, 9.17) is 10.4 Å². The lowest BCUT2D eigenvalue weighted by Crippen LogP contribution is -2.27. The van der Waals surface area contributed by atoms with E-state index < -0.39 is 0 Å². The standard InChI is InChI=1S/C25H32N6O/c1-17-10-7-8-11-24(17)31-21(5)23(19(3)28-31)16-29(6)25(32)13-12-22-18(2)27-30(20(22)4)15-9-14-26/h7-8,10-11H,9,12-13,15-16H2,1-6H3. The highest BCUT2D eigenvalue weighted by Crippen LogP contribution is 2.22. The molecule has 1 amide bonds. The number of aromatic nitrogens is 4. The first-order chi connectivity index (χ1) is 15.2. The molecule has 0 aliphatic carbocycles. The maximum atomic E-state index is 12.9. The number of amides is 1. The van der Waals surface area contributed by atoms with Crippen LogP contribution in [0.5, 0.6) is 0 Å². The molecule has 0 fully saturated rings. The summed E-state index contributed by atoms with van der Waals surface area (Å²) >= 11 is 0. The smallest absolute Gasteiger partial charge is 0.222 e. The van der Waals surface area contributed by atoms with Crippen molar-refractivity contribution in [2.75, 3.05) is 7.05 Å². The van der Waals surface area contributed by atoms with Crippen LogP contribution in [-0.4, -0.2) is 37.4 Å². The highest BCUT2D eigenvalue weighted by atomic mass is 16.2. The zero-order valence-corrected chi connectivity index (χ0v) is 19.9. The average molecular weight is 433 g/mol. The molecular weight excluding hydrogens is 400 g/mol. The van der Waals surface area contributed by atoms with Crippen molar-refractivity contribution in [1.82, 2.24) is 24.5 Å². The third-order valence-corrected chi connectivity index (χ3v) is 6.16. The molecule has 0 bridgehead atoms. The van der Waals surface area contributed by atoms with Gasteiger partial charge in [0.1, 0.15) is 0 Å². The first kappa shape index (κ1) is 23.3. The molecule has 32 heavy (non-hydrogen) atoms. The molecule has 168 valence electrons. The maximum Gasteiger partial charge on any atom is 0.222 e. The molecule has 0 saturated heterocycles. The molecule has 7 nitrogen and oxygen atoms in total. The molecule has 0 aliphatic rings. The number of para-hydroxylation sites is 1. The van der Waals surface area contributed by atoms with Gasteiger partial charge >= 0.3 is 0 Å². The van der Waals surface area contributed by atoms with E-state index in [1.165, 1.54) is 0 Å². The van der Waals surface area contributed by atoms with E-state index in [2.05, 4.69) is 37.1 Å². The van der Waals surface area contributed by atoms with Gasteiger partial charge in [-0.25, -0.2) is 4.68 Å². The lowest BCUT2D eigenvalue weighted by atomic mass is 10.1. The fraction of sp³-hybridized carbons (Fsp3) is 0.440. The molecule has 0 spiro atoms. The van der Waals surface area contributed by atoms with Crippen LogP contribution in [0.3, 0.4) is 0 Å². The van der Waals surface area contributed by atoms with Crippen molar-refractivity contribution in [2.24, 2.45) is 0 Å². The van der Waals surface area contributed by atoms with Crippen molar-refractivity contribution in [3.63, 3.8) is 0 Å². The van der Waals surface area contributed by atoms with Crippen molar-refractivity contribution < 1.29 is 4.79 Å². The van der Waals surface area contributed by atoms with E-state index in [1.807, 2.05) is 49.3 Å². The summed E-state index contributed by atoms with van der Waals surface area (Å²) in [5, 5.41) is 18.1. The average Bonchev–Trinajstić information content (AvgIpc) is 3.20. The van der Waals surface area contributed by atoms with Crippen molar-refractivity contribution in [3.8, 4) is 11.8 Å². The minimum Gasteiger partial charge on any atom is -0.341 e. The second kappa shape index (κ2) is 9.82. The van der Waals surface area contributed by atoms with Crippen molar-refractivity contribution in [1.29, 1.82) is 5.26 Å². The minimum atomic E-state index is 0.0935. The monoisotopic (exact) mass is 432 g/mol. The van der Waals surface area contributed by atoms with Crippen LogP contribution in [0.2, 0.25) is 0 Å². The number of hydrogen-bond acceptors (Lipinski definition) is 4. The van der Waals surface area contributed by atoms with E-state index in [1.54, 1.807) is 4.90 Å². The van der Waals surface area contributed by atoms with Crippen molar-refractivity contribution in [3.05, 3.63) is 63.7 Å². The fourth-order valence-electron chi connectivity index (χ4n) is 4.16. The Hall–Kier alpha value is -3.40. The summed E-state index contributed by atoms with van der Waals surface area (Å²) in [6.07, 6.45) is 1.50. The molecule has 1 aromatic carbocycles. The maximum absolute atomic E-state index is 12.9. The molecule has 0 N–H and O–H groups in total. The number of carbonyl (C=O) groups is 1. The predicted molar refractivity (Wildman–Crippen MR) is 125 cm³/mol. The number of nitrogens with zero attached hydrogens (tertiary/aromatic N) is 6. The summed E-state index contributed by atoms with van der Waals surface area (Å²) in [5.74, 6) is 0.0935. The molecule has 0 saturated carbocycles. The predicted octanol–water partition coefficient (Wildman–Crippen LogP) is 4.12. The fourth-order valence-corrected chi connectivity index (χ4v) is 4.16. The molecule has 0 atom stereocenters. The topological polar surface area (TPSA) is 79.7 Å². The van der Waals surface area contributed by atoms with Gasteiger partial charge in [0.15, 0.2) is 0 Å². The Morgan fingerprint density at radius 1 is 1.03 bits per heavy atom. The van der Waals surface area contributed by atoms with Crippen LogP contribution in [-0.2, 0) is 24.3 Å². The number of aryl methyl sites for hydroxylation is 4. The van der Waals surface area contributed by atoms with E-state index in [-0.39, 0.29) is 5.91 Å². The quantitative estimate of drug-likeness (QED) is 0.536. The van der Waals surface area contributed by atoms with Gasteiger partial charge in [0, 0.05) is 37.0 Å². The van der Waals surface area contributed by atoms with Crippen LogP contribution in [0.15, 0.2) is 24.3 Å². The number of nitriles is 1. The summed E-state index contributed by atoms with van der Waals surface area (Å²) in [6.45, 7) is 11.2. The van der Waals surface area contributed by atoms with Crippen molar-refractivity contribution in [2.45, 2.75) is 67.0 Å². The summed E-state index contributed by atoms with van der Waals surface area (Å²) in [5.41, 5.74) is 8.38. The highest BCUT2D eigenvalue weighted by Gasteiger charge is 2.19. The van der Waals surface area contributed by atoms with Gasteiger partial charge in [0.25, 0.3) is 0 Å². The van der Waals surface area contributed by atoms with Gasteiger partial charge in [-0.05, 0) is 58.2 Å². The van der Waals surface area contributed by atoms with Gasteiger partial charge in [0.2, 0.25) is 5.91 Å².